The van der Waals surface area contributed by atoms with E-state index in [0.29, 0.717) is 0 Å². The van der Waals surface area contributed by atoms with Crippen molar-refractivity contribution in [3.8, 4) is 0 Å². The summed E-state index contributed by atoms with van der Waals surface area (Å²) in [4.78, 5) is 3.47. The molecule has 0 radical (unpaired) electrons. The first kappa shape index (κ1) is 10.3. The minimum absolute atomic E-state index is 0. The maximum Gasteiger partial charge on any atom is 0.0479 e. The number of para-hydroxylation sites is 1. The molecule has 17 heavy (non-hydrogen) atoms. The van der Waals surface area contributed by atoms with Crippen molar-refractivity contribution in [1.82, 2.24) is 11.1 Å². The second-order valence-corrected chi connectivity index (χ2v) is 4.91. The predicted octanol–water partition coefficient (Wildman–Crippen LogP) is 4.70. The molecular formula is C14H12N2S. The molecule has 0 unspecified atom stereocenters. The third kappa shape index (κ3) is 1.30. The number of benzene rings is 2. The van der Waals surface area contributed by atoms with Crippen LogP contribution in [0.3, 0.4) is 0 Å². The highest BCUT2D eigenvalue weighted by Gasteiger charge is 2.07. The molecule has 2 aromatic carbocycles. The normalized spacial score (nSPS) is 11.1. The molecule has 4 rings (SSSR count). The van der Waals surface area contributed by atoms with Gasteiger partial charge < -0.3 is 11.1 Å². The van der Waals surface area contributed by atoms with Crippen LogP contribution in [0.1, 0.15) is 0 Å². The van der Waals surface area contributed by atoms with Crippen LogP contribution in [0.5, 0.6) is 0 Å². The van der Waals surface area contributed by atoms with Gasteiger partial charge in [0.1, 0.15) is 0 Å². The summed E-state index contributed by atoms with van der Waals surface area (Å²) >= 11 is 1.82. The van der Waals surface area contributed by atoms with Crippen molar-refractivity contribution >= 4 is 43.2 Å². The molecule has 2 aromatic heterocycles. The van der Waals surface area contributed by atoms with Crippen LogP contribution in [0.2, 0.25) is 0 Å². The quantitative estimate of drug-likeness (QED) is 0.460. The molecule has 0 bridgehead atoms. The molecule has 0 fully saturated rings. The maximum absolute atomic E-state index is 3.47. The fraction of sp³-hybridized carbons (Fsp3) is 0. The number of aromatic amines is 1. The molecule has 0 spiro atoms. The van der Waals surface area contributed by atoms with Crippen molar-refractivity contribution in [2.45, 2.75) is 0 Å². The fourth-order valence-corrected chi connectivity index (χ4v) is 3.32. The summed E-state index contributed by atoms with van der Waals surface area (Å²) in [6.07, 6.45) is 0. The van der Waals surface area contributed by atoms with Gasteiger partial charge in [-0.3, -0.25) is 0 Å². The fourth-order valence-electron chi connectivity index (χ4n) is 2.36. The smallest absolute Gasteiger partial charge is 0.0479 e. The van der Waals surface area contributed by atoms with E-state index in [1.54, 1.807) is 0 Å². The van der Waals surface area contributed by atoms with E-state index in [-0.39, 0.29) is 6.15 Å². The first-order valence-corrected chi connectivity index (χ1v) is 6.18. The van der Waals surface area contributed by atoms with Crippen LogP contribution < -0.4 is 6.15 Å². The third-order valence-electron chi connectivity index (χ3n) is 3.09. The molecule has 3 heteroatoms. The Morgan fingerprint density at radius 2 is 1.76 bits per heavy atom. The van der Waals surface area contributed by atoms with Crippen molar-refractivity contribution in [1.29, 1.82) is 0 Å². The monoisotopic (exact) mass is 240 g/mol. The first-order chi connectivity index (χ1) is 7.93. The summed E-state index contributed by atoms with van der Waals surface area (Å²) in [5.41, 5.74) is 2.45. The molecule has 0 atom stereocenters. The Labute approximate surface area is 102 Å². The van der Waals surface area contributed by atoms with Crippen molar-refractivity contribution < 1.29 is 0 Å². The summed E-state index contributed by atoms with van der Waals surface area (Å²) in [6, 6.07) is 15.0. The van der Waals surface area contributed by atoms with E-state index >= 15 is 0 Å². The van der Waals surface area contributed by atoms with Gasteiger partial charge in [0.15, 0.2) is 0 Å². The van der Waals surface area contributed by atoms with Gasteiger partial charge in [-0.05, 0) is 29.0 Å². The summed E-state index contributed by atoms with van der Waals surface area (Å²) in [7, 11) is 0. The lowest BCUT2D eigenvalue weighted by atomic mass is 10.1. The minimum Gasteiger partial charge on any atom is -0.354 e. The zero-order valence-corrected chi connectivity index (χ0v) is 10.1. The predicted molar refractivity (Wildman–Crippen MR) is 76.2 cm³/mol. The second-order valence-electron chi connectivity index (χ2n) is 4.00. The molecule has 4 aromatic rings. The van der Waals surface area contributed by atoms with Crippen LogP contribution >= 0.6 is 11.3 Å². The molecule has 2 nitrogen and oxygen atoms in total. The molecule has 2 heterocycles. The number of fused-ring (bicyclic) bond motifs is 5. The Hall–Kier alpha value is -1.84. The molecular weight excluding hydrogens is 228 g/mol. The average molecular weight is 240 g/mol. The van der Waals surface area contributed by atoms with Crippen LogP contribution in [0.25, 0.3) is 31.9 Å². The molecule has 0 aliphatic heterocycles. The van der Waals surface area contributed by atoms with Crippen LogP contribution in [0.15, 0.2) is 47.8 Å². The highest BCUT2D eigenvalue weighted by atomic mass is 32.1. The SMILES string of the molecule is N.c1ccc2c(c1)[nH]c1ccc3ccsc3c12. The van der Waals surface area contributed by atoms with E-state index in [9.17, 15) is 0 Å². The number of H-pyrrole nitrogens is 1. The third-order valence-corrected chi connectivity index (χ3v) is 4.04. The number of hydrogen-bond donors (Lipinski definition) is 2. The van der Waals surface area contributed by atoms with Gasteiger partial charge in [-0.2, -0.15) is 0 Å². The molecule has 0 aliphatic rings. The van der Waals surface area contributed by atoms with Gasteiger partial charge >= 0.3 is 0 Å². The van der Waals surface area contributed by atoms with Gasteiger partial charge in [-0.1, -0.05) is 24.3 Å². The van der Waals surface area contributed by atoms with Crippen molar-refractivity contribution in [2.75, 3.05) is 0 Å². The lowest BCUT2D eigenvalue weighted by Crippen LogP contribution is -1.67. The largest absolute Gasteiger partial charge is 0.354 e. The van der Waals surface area contributed by atoms with Gasteiger partial charge in [0.25, 0.3) is 0 Å². The Balaban J connectivity index is 0.000000902. The van der Waals surface area contributed by atoms with Gasteiger partial charge in [0, 0.05) is 26.5 Å². The minimum atomic E-state index is 0. The van der Waals surface area contributed by atoms with E-state index in [2.05, 4.69) is 52.8 Å². The summed E-state index contributed by atoms with van der Waals surface area (Å²) < 4.78 is 1.38. The number of rotatable bonds is 0. The lowest BCUT2D eigenvalue weighted by Gasteiger charge is -1.93. The molecule has 84 valence electrons. The Kier molecular flexibility index (Phi) is 2.18. The maximum atomic E-state index is 3.47. The van der Waals surface area contributed by atoms with E-state index < -0.39 is 0 Å². The lowest BCUT2D eigenvalue weighted by molar-refractivity contribution is 1.55. The standard InChI is InChI=1S/C14H9NS.H3N/c1-2-4-11-10(3-1)13-12(15-11)6-5-9-7-8-16-14(9)13;/h1-8,15H;1H3. The van der Waals surface area contributed by atoms with Crippen molar-refractivity contribution in [2.24, 2.45) is 0 Å². The highest BCUT2D eigenvalue weighted by Crippen LogP contribution is 2.34. The van der Waals surface area contributed by atoms with Crippen LogP contribution in [0.4, 0.5) is 0 Å². The number of hydrogen-bond acceptors (Lipinski definition) is 2. The Bertz CT molecular complexity index is 811. The van der Waals surface area contributed by atoms with Crippen LogP contribution in [-0.2, 0) is 0 Å². The van der Waals surface area contributed by atoms with Gasteiger partial charge in [0.05, 0.1) is 0 Å². The van der Waals surface area contributed by atoms with E-state index in [4.69, 9.17) is 0 Å². The Morgan fingerprint density at radius 1 is 0.882 bits per heavy atom. The number of nitrogens with one attached hydrogen (secondary N) is 1. The van der Waals surface area contributed by atoms with E-state index in [1.165, 1.54) is 31.9 Å². The highest BCUT2D eigenvalue weighted by molar-refractivity contribution is 7.18. The molecule has 0 saturated carbocycles. The zero-order chi connectivity index (χ0) is 10.5. The van der Waals surface area contributed by atoms with Gasteiger partial charge in [-0.25, -0.2) is 0 Å². The van der Waals surface area contributed by atoms with Crippen LogP contribution in [-0.4, -0.2) is 4.98 Å². The summed E-state index contributed by atoms with van der Waals surface area (Å²) in [6.45, 7) is 0. The topological polar surface area (TPSA) is 50.8 Å². The number of thiophene rings is 1. The summed E-state index contributed by atoms with van der Waals surface area (Å²) in [5, 5.41) is 6.18. The van der Waals surface area contributed by atoms with Crippen LogP contribution in [0, 0.1) is 0 Å². The second kappa shape index (κ2) is 3.58. The molecule has 0 amide bonds. The molecule has 4 N–H and O–H groups in total. The average Bonchev–Trinajstić information content (AvgIpc) is 2.91. The summed E-state index contributed by atoms with van der Waals surface area (Å²) in [5.74, 6) is 0. The first-order valence-electron chi connectivity index (χ1n) is 5.30. The van der Waals surface area contributed by atoms with Gasteiger partial charge in [0.2, 0.25) is 0 Å². The molecule has 0 saturated heterocycles. The number of aromatic nitrogens is 1. The van der Waals surface area contributed by atoms with Crippen molar-refractivity contribution in [3.05, 3.63) is 47.8 Å². The van der Waals surface area contributed by atoms with Gasteiger partial charge in [-0.15, -0.1) is 11.3 Å². The van der Waals surface area contributed by atoms with Crippen molar-refractivity contribution in [3.63, 3.8) is 0 Å². The van der Waals surface area contributed by atoms with E-state index in [1.807, 2.05) is 11.3 Å². The Morgan fingerprint density at radius 3 is 2.71 bits per heavy atom. The van der Waals surface area contributed by atoms with E-state index in [0.717, 1.165) is 0 Å². The zero-order valence-electron chi connectivity index (χ0n) is 9.23. The molecule has 0 aliphatic carbocycles.